The number of methoxy groups -OCH3 is 1. The maximum absolute atomic E-state index is 13.5. The van der Waals surface area contributed by atoms with E-state index in [0.717, 1.165) is 15.4 Å². The monoisotopic (exact) mass is 487 g/mol. The van der Waals surface area contributed by atoms with Crippen LogP contribution >= 0.6 is 0 Å². The van der Waals surface area contributed by atoms with Gasteiger partial charge in [-0.2, -0.15) is 0 Å². The number of benzene rings is 2. The van der Waals surface area contributed by atoms with Crippen molar-refractivity contribution in [2.24, 2.45) is 10.9 Å². The van der Waals surface area contributed by atoms with Gasteiger partial charge in [-0.3, -0.25) is 4.99 Å². The number of ether oxygens (including phenoxy) is 2. The number of alkyl carbamates (subject to hydrolysis) is 1. The molecule has 2 aromatic carbocycles. The molecule has 1 N–H and O–H groups in total. The van der Waals surface area contributed by atoms with Crippen LogP contribution in [0, 0.1) is 12.8 Å². The van der Waals surface area contributed by atoms with Gasteiger partial charge in [0, 0.05) is 0 Å². The highest BCUT2D eigenvalue weighted by atomic mass is 32.2. The zero-order chi connectivity index (χ0) is 24.9. The van der Waals surface area contributed by atoms with Crippen LogP contribution in [0.1, 0.15) is 25.0 Å². The van der Waals surface area contributed by atoms with E-state index in [0.29, 0.717) is 0 Å². The first-order valence-electron chi connectivity index (χ1n) is 10.9. The molecule has 0 aliphatic carbocycles. The van der Waals surface area contributed by atoms with E-state index in [1.807, 2.05) is 51.1 Å². The van der Waals surface area contributed by atoms with Crippen LogP contribution in [0.15, 0.2) is 64.5 Å². The number of nitrogens with one attached hydrogen (secondary N) is 1. The summed E-state index contributed by atoms with van der Waals surface area (Å²) in [4.78, 5) is 29.2. The van der Waals surface area contributed by atoms with E-state index < -0.39 is 34.2 Å². The van der Waals surface area contributed by atoms with Gasteiger partial charge in [0.1, 0.15) is 12.4 Å². The largest absolute Gasteiger partial charge is 0.467 e. The summed E-state index contributed by atoms with van der Waals surface area (Å²) in [5.74, 6) is -0.856. The highest BCUT2D eigenvalue weighted by molar-refractivity contribution is 7.89. The van der Waals surface area contributed by atoms with Crippen LogP contribution in [0.4, 0.5) is 4.79 Å². The molecule has 1 amide bonds. The number of aliphatic imine (C=N–C) groups is 1. The number of carbonyl (C=O) groups excluding carboxylic acids is 2. The Labute approximate surface area is 199 Å². The van der Waals surface area contributed by atoms with Crippen molar-refractivity contribution in [3.8, 4) is 0 Å². The number of aryl methyl sites for hydroxylation is 1. The molecular weight excluding hydrogens is 458 g/mol. The minimum absolute atomic E-state index is 0.0557. The van der Waals surface area contributed by atoms with Gasteiger partial charge in [-0.15, -0.1) is 0 Å². The van der Waals surface area contributed by atoms with Crippen molar-refractivity contribution in [2.75, 3.05) is 13.7 Å². The van der Waals surface area contributed by atoms with Gasteiger partial charge in [0.05, 0.1) is 24.6 Å². The number of esters is 1. The lowest BCUT2D eigenvalue weighted by molar-refractivity contribution is -0.141. The molecule has 0 saturated carbocycles. The van der Waals surface area contributed by atoms with Crippen LogP contribution in [0.2, 0.25) is 0 Å². The Bertz CT molecular complexity index is 1150. The third kappa shape index (κ3) is 5.74. The minimum atomic E-state index is -4.05. The topological polar surface area (TPSA) is 114 Å². The van der Waals surface area contributed by atoms with Crippen LogP contribution in [0.25, 0.3) is 0 Å². The Balaban J connectivity index is 1.88. The lowest BCUT2D eigenvalue weighted by Crippen LogP contribution is -2.51. The SMILES string of the molecule is COC(=O)[C@@H]1CN(S(=O)(=O)c2ccc(C)cc2)C([C@H](NC(=O)OCc2ccccc2)C(C)C)=N1. The first-order chi connectivity index (χ1) is 16.1. The molecule has 10 heteroatoms. The Morgan fingerprint density at radius 3 is 2.35 bits per heavy atom. The highest BCUT2D eigenvalue weighted by Gasteiger charge is 2.42. The van der Waals surface area contributed by atoms with E-state index >= 15 is 0 Å². The zero-order valence-corrected chi connectivity index (χ0v) is 20.4. The van der Waals surface area contributed by atoms with E-state index in [1.54, 1.807) is 12.1 Å². The fraction of sp³-hybridized carbons (Fsp3) is 0.375. The second-order valence-electron chi connectivity index (χ2n) is 8.30. The van der Waals surface area contributed by atoms with Crippen molar-refractivity contribution in [2.45, 2.75) is 44.4 Å². The minimum Gasteiger partial charge on any atom is -0.467 e. The number of carbonyl (C=O) groups is 2. The van der Waals surface area contributed by atoms with Gasteiger partial charge < -0.3 is 14.8 Å². The van der Waals surface area contributed by atoms with Gasteiger partial charge in [-0.1, -0.05) is 61.9 Å². The predicted molar refractivity (Wildman–Crippen MR) is 127 cm³/mol. The second kappa shape index (κ2) is 10.7. The van der Waals surface area contributed by atoms with Gasteiger partial charge in [-0.25, -0.2) is 22.3 Å². The number of amides is 1. The third-order valence-electron chi connectivity index (χ3n) is 5.40. The molecule has 2 atom stereocenters. The van der Waals surface area contributed by atoms with E-state index in [4.69, 9.17) is 9.47 Å². The molecule has 0 aromatic heterocycles. The van der Waals surface area contributed by atoms with Crippen molar-refractivity contribution in [1.29, 1.82) is 0 Å². The number of rotatable bonds is 8. The van der Waals surface area contributed by atoms with E-state index in [1.165, 1.54) is 19.2 Å². The maximum Gasteiger partial charge on any atom is 0.408 e. The molecule has 0 unspecified atom stereocenters. The van der Waals surface area contributed by atoms with Gasteiger partial charge >= 0.3 is 12.1 Å². The third-order valence-corrected chi connectivity index (χ3v) is 7.18. The first-order valence-corrected chi connectivity index (χ1v) is 12.3. The summed E-state index contributed by atoms with van der Waals surface area (Å²) >= 11 is 0. The zero-order valence-electron chi connectivity index (χ0n) is 19.6. The van der Waals surface area contributed by atoms with Crippen molar-refractivity contribution in [1.82, 2.24) is 9.62 Å². The molecule has 0 spiro atoms. The van der Waals surface area contributed by atoms with Gasteiger partial charge in [-0.05, 0) is 30.5 Å². The summed E-state index contributed by atoms with van der Waals surface area (Å²) in [6, 6.07) is 13.7. The highest BCUT2D eigenvalue weighted by Crippen LogP contribution is 2.25. The summed E-state index contributed by atoms with van der Waals surface area (Å²) in [7, 11) is -2.83. The molecular formula is C24H29N3O6S. The number of amidine groups is 1. The number of nitrogens with zero attached hydrogens (tertiary/aromatic N) is 2. The summed E-state index contributed by atoms with van der Waals surface area (Å²) in [6.07, 6.45) is -0.723. The Morgan fingerprint density at radius 1 is 1.12 bits per heavy atom. The molecule has 0 fully saturated rings. The molecule has 3 rings (SSSR count). The summed E-state index contributed by atoms with van der Waals surface area (Å²) in [5.41, 5.74) is 1.72. The fourth-order valence-electron chi connectivity index (χ4n) is 3.49. The second-order valence-corrected chi connectivity index (χ2v) is 10.2. The van der Waals surface area contributed by atoms with Crippen LogP contribution in [0.5, 0.6) is 0 Å². The molecule has 1 heterocycles. The average Bonchev–Trinajstić information content (AvgIpc) is 3.27. The summed E-state index contributed by atoms with van der Waals surface area (Å²) in [6.45, 7) is 5.31. The number of hydrogen-bond acceptors (Lipinski definition) is 7. The summed E-state index contributed by atoms with van der Waals surface area (Å²) < 4.78 is 38.2. The van der Waals surface area contributed by atoms with Gasteiger partial charge in [0.25, 0.3) is 10.0 Å². The number of sulfonamides is 1. The molecule has 0 bridgehead atoms. The van der Waals surface area contributed by atoms with Crippen LogP contribution in [0.3, 0.4) is 0 Å². The molecule has 0 saturated heterocycles. The number of hydrogen-bond donors (Lipinski definition) is 1. The van der Waals surface area contributed by atoms with Crippen molar-refractivity contribution >= 4 is 27.9 Å². The van der Waals surface area contributed by atoms with Gasteiger partial charge in [0.15, 0.2) is 6.04 Å². The Morgan fingerprint density at radius 2 is 1.76 bits per heavy atom. The fourth-order valence-corrected chi connectivity index (χ4v) is 4.97. The Hall–Kier alpha value is -3.40. The quantitative estimate of drug-likeness (QED) is 0.573. The smallest absolute Gasteiger partial charge is 0.408 e. The maximum atomic E-state index is 13.5. The molecule has 1 aliphatic heterocycles. The molecule has 0 radical (unpaired) electrons. The first kappa shape index (κ1) is 25.2. The van der Waals surface area contributed by atoms with Crippen molar-refractivity contribution in [3.05, 3.63) is 65.7 Å². The van der Waals surface area contributed by atoms with Crippen LogP contribution in [-0.4, -0.2) is 56.4 Å². The predicted octanol–water partition coefficient (Wildman–Crippen LogP) is 2.89. The molecule has 2 aromatic rings. The standard InChI is InChI=1S/C24H29N3O6S/c1-16(2)21(26-24(29)33-15-18-8-6-5-7-9-18)22-25-20(23(28)32-4)14-27(22)34(30,31)19-12-10-17(3)11-13-19/h5-13,16,20-21H,14-15H2,1-4H3,(H,26,29)/t20-,21+/m0/s1. The Kier molecular flexibility index (Phi) is 7.93. The molecule has 182 valence electrons. The van der Waals surface area contributed by atoms with Crippen LogP contribution in [-0.2, 0) is 30.9 Å². The van der Waals surface area contributed by atoms with E-state index in [2.05, 4.69) is 10.3 Å². The lowest BCUT2D eigenvalue weighted by atomic mass is 10.0. The van der Waals surface area contributed by atoms with Crippen LogP contribution < -0.4 is 5.32 Å². The molecule has 34 heavy (non-hydrogen) atoms. The summed E-state index contributed by atoms with van der Waals surface area (Å²) in [5, 5.41) is 2.72. The van der Waals surface area contributed by atoms with E-state index in [-0.39, 0.29) is 29.8 Å². The van der Waals surface area contributed by atoms with Gasteiger partial charge in [0.2, 0.25) is 0 Å². The van der Waals surface area contributed by atoms with E-state index in [9.17, 15) is 18.0 Å². The van der Waals surface area contributed by atoms with Crippen molar-refractivity contribution < 1.29 is 27.5 Å². The van der Waals surface area contributed by atoms with Crippen molar-refractivity contribution in [3.63, 3.8) is 0 Å². The average molecular weight is 488 g/mol. The normalized spacial score (nSPS) is 16.7. The molecule has 1 aliphatic rings. The molecule has 9 nitrogen and oxygen atoms in total. The lowest BCUT2D eigenvalue weighted by Gasteiger charge is -2.29.